The Bertz CT molecular complexity index is 666. The summed E-state index contributed by atoms with van der Waals surface area (Å²) in [5.41, 5.74) is 6.81. The summed E-state index contributed by atoms with van der Waals surface area (Å²) in [6.07, 6.45) is 2.92. The number of amides is 1. The van der Waals surface area contributed by atoms with Gasteiger partial charge in [-0.25, -0.2) is 4.39 Å². The number of nitrogens with one attached hydrogen (secondary N) is 1. The Balaban J connectivity index is 1.99. The fourth-order valence-electron chi connectivity index (χ4n) is 1.70. The normalized spacial score (nSPS) is 10.6. The van der Waals surface area contributed by atoms with Crippen molar-refractivity contribution in [3.05, 3.63) is 59.9 Å². The molecule has 0 bridgehead atoms. The lowest BCUT2D eigenvalue weighted by Crippen LogP contribution is -2.07. The second-order valence-corrected chi connectivity index (χ2v) is 4.33. The maximum Gasteiger partial charge on any atom is 0.248 e. The topological polar surface area (TPSA) is 64.3 Å². The van der Waals surface area contributed by atoms with Crippen LogP contribution in [0.5, 0.6) is 5.75 Å². The van der Waals surface area contributed by atoms with Crippen molar-refractivity contribution in [1.29, 1.82) is 0 Å². The van der Waals surface area contributed by atoms with E-state index in [-0.39, 0.29) is 11.6 Å². The van der Waals surface area contributed by atoms with Crippen molar-refractivity contribution in [2.75, 3.05) is 18.2 Å². The Labute approximate surface area is 122 Å². The van der Waals surface area contributed by atoms with E-state index in [1.54, 1.807) is 43.5 Å². The van der Waals surface area contributed by atoms with Crippen LogP contribution >= 0.6 is 0 Å². The fourth-order valence-corrected chi connectivity index (χ4v) is 1.70. The average Bonchev–Trinajstić information content (AvgIpc) is 2.49. The first-order chi connectivity index (χ1) is 10.1. The van der Waals surface area contributed by atoms with E-state index in [1.165, 1.54) is 18.2 Å². The maximum atomic E-state index is 13.0. The molecule has 0 aliphatic heterocycles. The summed E-state index contributed by atoms with van der Waals surface area (Å²) in [6.45, 7) is 0. The summed E-state index contributed by atoms with van der Waals surface area (Å²) in [5.74, 6) is -0.0526. The summed E-state index contributed by atoms with van der Waals surface area (Å²) >= 11 is 0. The van der Waals surface area contributed by atoms with Crippen LogP contribution in [0.1, 0.15) is 5.56 Å². The predicted octanol–water partition coefficient (Wildman–Crippen LogP) is 3.07. The van der Waals surface area contributed by atoms with E-state index in [0.29, 0.717) is 17.0 Å². The van der Waals surface area contributed by atoms with E-state index in [2.05, 4.69) is 5.32 Å². The maximum absolute atomic E-state index is 13.0. The van der Waals surface area contributed by atoms with Crippen molar-refractivity contribution in [3.8, 4) is 5.75 Å². The number of hydrogen-bond acceptors (Lipinski definition) is 3. The molecule has 0 atom stereocenters. The lowest BCUT2D eigenvalue weighted by Gasteiger charge is -2.04. The van der Waals surface area contributed by atoms with Crippen LogP contribution in [0.3, 0.4) is 0 Å². The molecule has 0 aliphatic carbocycles. The van der Waals surface area contributed by atoms with E-state index in [9.17, 15) is 9.18 Å². The third-order valence-electron chi connectivity index (χ3n) is 2.80. The lowest BCUT2D eigenvalue weighted by atomic mass is 10.2. The van der Waals surface area contributed by atoms with Gasteiger partial charge in [0.25, 0.3) is 0 Å². The SMILES string of the molecule is COc1ccc(NC(=O)/C=C/c2ccc(F)c(N)c2)cc1. The second kappa shape index (κ2) is 6.56. The van der Waals surface area contributed by atoms with Crippen LogP contribution in [0.25, 0.3) is 6.08 Å². The van der Waals surface area contributed by atoms with Gasteiger partial charge in [-0.05, 0) is 48.0 Å². The first-order valence-electron chi connectivity index (χ1n) is 6.26. The van der Waals surface area contributed by atoms with Gasteiger partial charge in [0, 0.05) is 11.8 Å². The van der Waals surface area contributed by atoms with Crippen molar-refractivity contribution in [2.24, 2.45) is 0 Å². The van der Waals surface area contributed by atoms with Crippen LogP contribution in [-0.2, 0) is 4.79 Å². The molecule has 1 amide bonds. The van der Waals surface area contributed by atoms with Crippen LogP contribution in [0, 0.1) is 5.82 Å². The van der Waals surface area contributed by atoms with Crippen molar-refractivity contribution in [3.63, 3.8) is 0 Å². The number of nitrogen functional groups attached to an aromatic ring is 1. The number of ether oxygens (including phenoxy) is 1. The summed E-state index contributed by atoms with van der Waals surface area (Å²) < 4.78 is 18.0. The standard InChI is InChI=1S/C16H15FN2O2/c1-21-13-6-4-12(5-7-13)19-16(20)9-3-11-2-8-14(17)15(18)10-11/h2-10H,18H2,1H3,(H,19,20)/b9-3+. The highest BCUT2D eigenvalue weighted by Gasteiger charge is 2.00. The smallest absolute Gasteiger partial charge is 0.248 e. The highest BCUT2D eigenvalue weighted by Crippen LogP contribution is 2.16. The molecule has 0 spiro atoms. The van der Waals surface area contributed by atoms with Gasteiger partial charge in [-0.2, -0.15) is 0 Å². The Morgan fingerprint density at radius 3 is 2.57 bits per heavy atom. The number of halogens is 1. The molecule has 2 rings (SSSR count). The molecule has 0 heterocycles. The Morgan fingerprint density at radius 2 is 1.95 bits per heavy atom. The molecule has 0 saturated carbocycles. The summed E-state index contributed by atoms with van der Waals surface area (Å²) in [7, 11) is 1.57. The number of nitrogens with two attached hydrogens (primary N) is 1. The van der Waals surface area contributed by atoms with Gasteiger partial charge in [0.15, 0.2) is 0 Å². The van der Waals surface area contributed by atoms with Crippen molar-refractivity contribution in [2.45, 2.75) is 0 Å². The highest BCUT2D eigenvalue weighted by atomic mass is 19.1. The van der Waals surface area contributed by atoms with E-state index in [0.717, 1.165) is 0 Å². The van der Waals surface area contributed by atoms with Crippen molar-refractivity contribution < 1.29 is 13.9 Å². The average molecular weight is 286 g/mol. The van der Waals surface area contributed by atoms with Gasteiger partial charge in [-0.1, -0.05) is 6.07 Å². The predicted molar refractivity (Wildman–Crippen MR) is 81.5 cm³/mol. The minimum absolute atomic E-state index is 0.0488. The molecule has 0 fully saturated rings. The van der Waals surface area contributed by atoms with Gasteiger partial charge >= 0.3 is 0 Å². The van der Waals surface area contributed by atoms with Gasteiger partial charge < -0.3 is 15.8 Å². The minimum atomic E-state index is -0.477. The molecular formula is C16H15FN2O2. The molecule has 4 nitrogen and oxygen atoms in total. The number of hydrogen-bond donors (Lipinski definition) is 2. The monoisotopic (exact) mass is 286 g/mol. The number of carbonyl (C=O) groups is 1. The molecule has 0 unspecified atom stereocenters. The highest BCUT2D eigenvalue weighted by molar-refractivity contribution is 6.01. The first-order valence-corrected chi connectivity index (χ1v) is 6.26. The van der Waals surface area contributed by atoms with Gasteiger partial charge in [0.05, 0.1) is 12.8 Å². The molecule has 2 aromatic rings. The molecule has 0 radical (unpaired) electrons. The van der Waals surface area contributed by atoms with Gasteiger partial charge in [0.2, 0.25) is 5.91 Å². The van der Waals surface area contributed by atoms with E-state index in [1.807, 2.05) is 0 Å². The van der Waals surface area contributed by atoms with E-state index < -0.39 is 5.82 Å². The molecule has 108 valence electrons. The van der Waals surface area contributed by atoms with Gasteiger partial charge in [0.1, 0.15) is 11.6 Å². The molecule has 21 heavy (non-hydrogen) atoms. The third kappa shape index (κ3) is 4.07. The zero-order valence-electron chi connectivity index (χ0n) is 11.5. The molecule has 3 N–H and O–H groups in total. The molecule has 0 aliphatic rings. The Morgan fingerprint density at radius 1 is 1.24 bits per heavy atom. The lowest BCUT2D eigenvalue weighted by molar-refractivity contribution is -0.111. The minimum Gasteiger partial charge on any atom is -0.497 e. The van der Waals surface area contributed by atoms with Gasteiger partial charge in [-0.15, -0.1) is 0 Å². The Hall–Kier alpha value is -2.82. The van der Waals surface area contributed by atoms with Crippen LogP contribution in [0.15, 0.2) is 48.5 Å². The summed E-state index contributed by atoms with van der Waals surface area (Å²) in [6, 6.07) is 11.2. The Kier molecular flexibility index (Phi) is 4.56. The molecule has 0 aromatic heterocycles. The zero-order chi connectivity index (χ0) is 15.2. The van der Waals surface area contributed by atoms with E-state index >= 15 is 0 Å². The number of rotatable bonds is 4. The number of carbonyl (C=O) groups excluding carboxylic acids is 1. The zero-order valence-corrected chi connectivity index (χ0v) is 11.5. The summed E-state index contributed by atoms with van der Waals surface area (Å²) in [5, 5.41) is 2.70. The van der Waals surface area contributed by atoms with Crippen LogP contribution < -0.4 is 15.8 Å². The molecule has 0 saturated heterocycles. The van der Waals surface area contributed by atoms with Crippen LogP contribution in [0.4, 0.5) is 15.8 Å². The van der Waals surface area contributed by atoms with Crippen LogP contribution in [0.2, 0.25) is 0 Å². The summed E-state index contributed by atoms with van der Waals surface area (Å²) in [4.78, 5) is 11.8. The molecule has 2 aromatic carbocycles. The molecular weight excluding hydrogens is 271 g/mol. The quantitative estimate of drug-likeness (QED) is 0.670. The second-order valence-electron chi connectivity index (χ2n) is 4.33. The van der Waals surface area contributed by atoms with Crippen LogP contribution in [-0.4, -0.2) is 13.0 Å². The number of methoxy groups -OCH3 is 1. The first kappa shape index (κ1) is 14.6. The van der Waals surface area contributed by atoms with E-state index in [4.69, 9.17) is 10.5 Å². The molecule has 5 heteroatoms. The third-order valence-corrected chi connectivity index (χ3v) is 2.80. The van der Waals surface area contributed by atoms with Gasteiger partial charge in [-0.3, -0.25) is 4.79 Å². The number of anilines is 2. The number of benzene rings is 2. The van der Waals surface area contributed by atoms with Crippen molar-refractivity contribution >= 4 is 23.4 Å². The van der Waals surface area contributed by atoms with Crippen molar-refractivity contribution in [1.82, 2.24) is 0 Å². The largest absolute Gasteiger partial charge is 0.497 e. The fraction of sp³-hybridized carbons (Fsp3) is 0.0625.